The Hall–Kier alpha value is -1.02. The van der Waals surface area contributed by atoms with Gasteiger partial charge in [0.05, 0.1) is 0 Å². The zero-order valence-corrected chi connectivity index (χ0v) is 11.1. The van der Waals surface area contributed by atoms with Crippen LogP contribution in [0.15, 0.2) is 30.3 Å². The summed E-state index contributed by atoms with van der Waals surface area (Å²) in [5.41, 5.74) is 0.875. The summed E-state index contributed by atoms with van der Waals surface area (Å²) in [6.45, 7) is 0. The molecule has 2 bridgehead atoms. The van der Waals surface area contributed by atoms with Gasteiger partial charge in [0.1, 0.15) is 5.38 Å². The first kappa shape index (κ1) is 12.0. The third-order valence-corrected chi connectivity index (χ3v) is 4.84. The average Bonchev–Trinajstić information content (AvgIpc) is 3.01. The van der Waals surface area contributed by atoms with E-state index in [0.29, 0.717) is 12.0 Å². The Balaban J connectivity index is 1.62. The molecule has 96 valence electrons. The SMILES string of the molecule is O=C(NC1CC2CCC1C2)C(Cl)c1ccccc1. The number of rotatable bonds is 3. The van der Waals surface area contributed by atoms with Gasteiger partial charge in [0.25, 0.3) is 0 Å². The van der Waals surface area contributed by atoms with Crippen molar-refractivity contribution in [3.8, 4) is 0 Å². The molecule has 0 saturated heterocycles. The lowest BCUT2D eigenvalue weighted by atomic mass is 9.95. The normalized spacial score (nSPS) is 31.3. The van der Waals surface area contributed by atoms with Crippen molar-refractivity contribution in [1.82, 2.24) is 5.32 Å². The summed E-state index contributed by atoms with van der Waals surface area (Å²) < 4.78 is 0. The van der Waals surface area contributed by atoms with E-state index in [0.717, 1.165) is 17.9 Å². The molecule has 0 spiro atoms. The number of hydrogen-bond donors (Lipinski definition) is 1. The lowest BCUT2D eigenvalue weighted by molar-refractivity contribution is -0.121. The van der Waals surface area contributed by atoms with Gasteiger partial charge in [0, 0.05) is 6.04 Å². The van der Waals surface area contributed by atoms with Crippen LogP contribution in [0, 0.1) is 11.8 Å². The molecule has 2 nitrogen and oxygen atoms in total. The van der Waals surface area contributed by atoms with Gasteiger partial charge in [-0.1, -0.05) is 36.8 Å². The summed E-state index contributed by atoms with van der Waals surface area (Å²) in [7, 11) is 0. The number of halogens is 1. The zero-order valence-electron chi connectivity index (χ0n) is 10.3. The number of nitrogens with one attached hydrogen (secondary N) is 1. The fourth-order valence-corrected chi connectivity index (χ4v) is 3.66. The van der Waals surface area contributed by atoms with Crippen LogP contribution < -0.4 is 5.32 Å². The Morgan fingerprint density at radius 1 is 1.22 bits per heavy atom. The molecule has 1 aromatic carbocycles. The highest BCUT2D eigenvalue weighted by molar-refractivity contribution is 6.30. The van der Waals surface area contributed by atoms with E-state index in [9.17, 15) is 4.79 Å². The van der Waals surface area contributed by atoms with E-state index in [1.165, 1.54) is 19.3 Å². The summed E-state index contributed by atoms with van der Waals surface area (Å²) >= 11 is 6.23. The molecule has 2 fully saturated rings. The van der Waals surface area contributed by atoms with E-state index in [4.69, 9.17) is 11.6 Å². The number of carbonyl (C=O) groups is 1. The van der Waals surface area contributed by atoms with Gasteiger partial charge in [-0.15, -0.1) is 11.6 Å². The van der Waals surface area contributed by atoms with Gasteiger partial charge < -0.3 is 5.32 Å². The predicted molar refractivity (Wildman–Crippen MR) is 72.4 cm³/mol. The number of alkyl halides is 1. The van der Waals surface area contributed by atoms with Crippen molar-refractivity contribution in [1.29, 1.82) is 0 Å². The molecule has 4 atom stereocenters. The molecule has 1 N–H and O–H groups in total. The van der Waals surface area contributed by atoms with Crippen LogP contribution >= 0.6 is 11.6 Å². The van der Waals surface area contributed by atoms with Crippen molar-refractivity contribution in [3.05, 3.63) is 35.9 Å². The minimum absolute atomic E-state index is 0.0413. The van der Waals surface area contributed by atoms with Crippen LogP contribution in [0.25, 0.3) is 0 Å². The van der Waals surface area contributed by atoms with Gasteiger partial charge in [0.2, 0.25) is 5.91 Å². The van der Waals surface area contributed by atoms with Crippen molar-refractivity contribution in [2.45, 2.75) is 37.1 Å². The van der Waals surface area contributed by atoms with Crippen LogP contribution in [-0.2, 0) is 4.79 Å². The van der Waals surface area contributed by atoms with E-state index < -0.39 is 5.38 Å². The Morgan fingerprint density at radius 2 is 2.00 bits per heavy atom. The summed E-state index contributed by atoms with van der Waals surface area (Å²) in [5.74, 6) is 1.49. The molecular formula is C15H18ClNO. The molecule has 4 unspecified atom stereocenters. The first-order valence-corrected chi connectivity index (χ1v) is 7.17. The molecule has 2 aliphatic carbocycles. The molecule has 0 aliphatic heterocycles. The van der Waals surface area contributed by atoms with E-state index in [1.807, 2.05) is 30.3 Å². The van der Waals surface area contributed by atoms with Crippen molar-refractivity contribution in [2.24, 2.45) is 11.8 Å². The fraction of sp³-hybridized carbons (Fsp3) is 0.533. The summed E-state index contributed by atoms with van der Waals surface area (Å²) in [5, 5.41) is 2.57. The second-order valence-corrected chi connectivity index (χ2v) is 6.00. The molecule has 1 amide bonds. The predicted octanol–water partition coefficient (Wildman–Crippen LogP) is 3.27. The molecule has 3 rings (SSSR count). The average molecular weight is 264 g/mol. The zero-order chi connectivity index (χ0) is 12.5. The van der Waals surface area contributed by atoms with Crippen LogP contribution in [0.5, 0.6) is 0 Å². The minimum atomic E-state index is -0.565. The van der Waals surface area contributed by atoms with Crippen molar-refractivity contribution in [3.63, 3.8) is 0 Å². The number of carbonyl (C=O) groups excluding carboxylic acids is 1. The highest BCUT2D eigenvalue weighted by Gasteiger charge is 2.40. The van der Waals surface area contributed by atoms with Crippen LogP contribution in [0.1, 0.15) is 36.6 Å². The second kappa shape index (κ2) is 4.93. The highest BCUT2D eigenvalue weighted by Crippen LogP contribution is 2.44. The van der Waals surface area contributed by atoms with Gasteiger partial charge in [-0.2, -0.15) is 0 Å². The molecule has 1 aromatic rings. The van der Waals surface area contributed by atoms with Crippen LogP contribution in [-0.4, -0.2) is 11.9 Å². The van der Waals surface area contributed by atoms with Crippen LogP contribution in [0.3, 0.4) is 0 Å². The first-order chi connectivity index (χ1) is 8.74. The monoisotopic (exact) mass is 263 g/mol. The maximum absolute atomic E-state index is 12.1. The third kappa shape index (κ3) is 2.26. The van der Waals surface area contributed by atoms with E-state index in [1.54, 1.807) is 0 Å². The number of fused-ring (bicyclic) bond motifs is 2. The molecule has 0 aromatic heterocycles. The lowest BCUT2D eigenvalue weighted by Crippen LogP contribution is -2.40. The minimum Gasteiger partial charge on any atom is -0.352 e. The molecule has 0 radical (unpaired) electrons. The van der Waals surface area contributed by atoms with Crippen LogP contribution in [0.4, 0.5) is 0 Å². The Kier molecular flexibility index (Phi) is 3.29. The molecule has 0 heterocycles. The van der Waals surface area contributed by atoms with E-state index >= 15 is 0 Å². The summed E-state index contributed by atoms with van der Waals surface area (Å²) in [6, 6.07) is 9.92. The van der Waals surface area contributed by atoms with Gasteiger partial charge in [0.15, 0.2) is 0 Å². The topological polar surface area (TPSA) is 29.1 Å². The van der Waals surface area contributed by atoms with Gasteiger partial charge >= 0.3 is 0 Å². The molecule has 2 aliphatic rings. The van der Waals surface area contributed by atoms with Gasteiger partial charge in [-0.3, -0.25) is 4.79 Å². The molecule has 18 heavy (non-hydrogen) atoms. The Morgan fingerprint density at radius 3 is 2.61 bits per heavy atom. The third-order valence-electron chi connectivity index (χ3n) is 4.39. The largest absolute Gasteiger partial charge is 0.352 e. The second-order valence-electron chi connectivity index (χ2n) is 5.56. The summed E-state index contributed by atoms with van der Waals surface area (Å²) in [4.78, 5) is 12.1. The first-order valence-electron chi connectivity index (χ1n) is 6.73. The van der Waals surface area contributed by atoms with E-state index in [2.05, 4.69) is 5.32 Å². The van der Waals surface area contributed by atoms with Crippen molar-refractivity contribution < 1.29 is 4.79 Å². The number of benzene rings is 1. The summed E-state index contributed by atoms with van der Waals surface area (Å²) in [6.07, 6.45) is 5.06. The Bertz CT molecular complexity index is 433. The van der Waals surface area contributed by atoms with Crippen molar-refractivity contribution in [2.75, 3.05) is 0 Å². The Labute approximate surface area is 113 Å². The fourth-order valence-electron chi connectivity index (χ4n) is 3.45. The van der Waals surface area contributed by atoms with Gasteiger partial charge in [-0.25, -0.2) is 0 Å². The maximum atomic E-state index is 12.1. The van der Waals surface area contributed by atoms with Crippen molar-refractivity contribution >= 4 is 17.5 Å². The lowest BCUT2D eigenvalue weighted by Gasteiger charge is -2.24. The highest BCUT2D eigenvalue weighted by atomic mass is 35.5. The quantitative estimate of drug-likeness (QED) is 0.834. The van der Waals surface area contributed by atoms with E-state index in [-0.39, 0.29) is 5.91 Å². The number of amides is 1. The van der Waals surface area contributed by atoms with Gasteiger partial charge in [-0.05, 0) is 36.7 Å². The standard InChI is InChI=1S/C15H18ClNO/c16-14(11-4-2-1-3-5-11)15(18)17-13-9-10-6-7-12(13)8-10/h1-5,10,12-14H,6-9H2,(H,17,18). The molecular weight excluding hydrogens is 246 g/mol. The smallest absolute Gasteiger partial charge is 0.242 e. The van der Waals surface area contributed by atoms with Crippen LogP contribution in [0.2, 0.25) is 0 Å². The maximum Gasteiger partial charge on any atom is 0.242 e. The molecule has 2 saturated carbocycles. The molecule has 3 heteroatoms. The number of hydrogen-bond acceptors (Lipinski definition) is 1.